The van der Waals surface area contributed by atoms with Crippen LogP contribution in [-0.2, 0) is 0 Å². The number of fused-ring (bicyclic) bond motifs is 2. The molecule has 2 aliphatic rings. The minimum atomic E-state index is 0.446. The van der Waals surface area contributed by atoms with Crippen molar-refractivity contribution in [1.29, 1.82) is 0 Å². The Bertz CT molecular complexity index is 693. The van der Waals surface area contributed by atoms with E-state index in [1.54, 1.807) is 0 Å². The summed E-state index contributed by atoms with van der Waals surface area (Å²) in [6, 6.07) is 17.6. The average molecular weight is 299 g/mol. The van der Waals surface area contributed by atoms with Gasteiger partial charge in [-0.05, 0) is 28.2 Å². The first-order valence-corrected chi connectivity index (χ1v) is 8.59. The maximum Gasteiger partial charge on any atom is 0.0267 e. The lowest BCUT2D eigenvalue weighted by Gasteiger charge is -2.32. The van der Waals surface area contributed by atoms with Gasteiger partial charge < -0.3 is 0 Å². The Balaban J connectivity index is 1.76. The molecule has 2 aromatic rings. The number of allylic oxidation sites excluding steroid dienone is 2. The zero-order valence-corrected chi connectivity index (χ0v) is 13.7. The molecule has 0 fully saturated rings. The van der Waals surface area contributed by atoms with Crippen molar-refractivity contribution < 1.29 is 0 Å². The van der Waals surface area contributed by atoms with Crippen molar-refractivity contribution >= 4 is 22.4 Å². The number of hydrogen-bond acceptors (Lipinski definition) is 0. The molecule has 3 atom stereocenters. The van der Waals surface area contributed by atoms with Crippen molar-refractivity contribution in [1.82, 2.24) is 0 Å². The summed E-state index contributed by atoms with van der Waals surface area (Å²) in [5.74, 6) is 1.48. The van der Waals surface area contributed by atoms with E-state index in [0.717, 1.165) is 0 Å². The highest BCUT2D eigenvalue weighted by molar-refractivity contribution is 6.11. The first-order chi connectivity index (χ1) is 10.8. The molecule has 1 heteroatoms. The molecule has 2 aliphatic carbocycles. The molecule has 0 amide bonds. The highest BCUT2D eigenvalue weighted by atomic mass is 28.1. The Labute approximate surface area is 136 Å². The number of hydrogen-bond donors (Lipinski definition) is 0. The van der Waals surface area contributed by atoms with Gasteiger partial charge in [-0.3, -0.25) is 0 Å². The van der Waals surface area contributed by atoms with Crippen LogP contribution in [0.1, 0.15) is 41.0 Å². The van der Waals surface area contributed by atoms with Crippen molar-refractivity contribution in [3.8, 4) is 0 Å². The van der Waals surface area contributed by atoms with Gasteiger partial charge in [0.1, 0.15) is 0 Å². The van der Waals surface area contributed by atoms with Gasteiger partial charge in [0.25, 0.3) is 0 Å². The number of benzene rings is 2. The van der Waals surface area contributed by atoms with Gasteiger partial charge in [-0.2, -0.15) is 0 Å². The van der Waals surface area contributed by atoms with E-state index in [-0.39, 0.29) is 0 Å². The molecule has 0 saturated carbocycles. The van der Waals surface area contributed by atoms with Gasteiger partial charge >= 0.3 is 0 Å². The summed E-state index contributed by atoms with van der Waals surface area (Å²) in [4.78, 5) is 0. The van der Waals surface area contributed by atoms with Gasteiger partial charge in [0.05, 0.1) is 0 Å². The summed E-state index contributed by atoms with van der Waals surface area (Å²) in [5.41, 5.74) is 6.13. The summed E-state index contributed by atoms with van der Waals surface area (Å²) in [6.45, 7) is 2.28. The van der Waals surface area contributed by atoms with Crippen LogP contribution in [0.15, 0.2) is 60.7 Å². The van der Waals surface area contributed by atoms with E-state index in [2.05, 4.69) is 90.0 Å². The SMILES string of the molecule is CC([Si])C(C1C=Cc2ccccc21)C1C=Cc2ccccc21. The van der Waals surface area contributed by atoms with Gasteiger partial charge in [0, 0.05) is 22.1 Å². The monoisotopic (exact) mass is 299 g/mol. The first kappa shape index (κ1) is 13.8. The second-order valence-electron chi connectivity index (χ2n) is 6.39. The molecule has 0 aliphatic heterocycles. The molecule has 0 N–H and O–H groups in total. The molecule has 0 heterocycles. The fourth-order valence-corrected chi connectivity index (χ4v) is 4.49. The fraction of sp³-hybridized carbons (Fsp3) is 0.238. The summed E-state index contributed by atoms with van der Waals surface area (Å²) in [7, 11) is 3.95. The Morgan fingerprint density at radius 1 is 0.773 bits per heavy atom. The second-order valence-corrected chi connectivity index (χ2v) is 7.30. The third-order valence-electron chi connectivity index (χ3n) is 5.08. The van der Waals surface area contributed by atoms with Crippen LogP contribution >= 0.6 is 0 Å². The lowest BCUT2D eigenvalue weighted by Crippen LogP contribution is -2.21. The quantitative estimate of drug-likeness (QED) is 0.683. The van der Waals surface area contributed by atoms with Gasteiger partial charge in [0.2, 0.25) is 0 Å². The van der Waals surface area contributed by atoms with Crippen molar-refractivity contribution in [2.24, 2.45) is 5.92 Å². The minimum Gasteiger partial charge on any atom is -0.0761 e. The van der Waals surface area contributed by atoms with E-state index in [4.69, 9.17) is 0 Å². The molecule has 3 radical (unpaired) electrons. The van der Waals surface area contributed by atoms with Crippen LogP contribution in [0.2, 0.25) is 5.54 Å². The molecule has 22 heavy (non-hydrogen) atoms. The van der Waals surface area contributed by atoms with E-state index in [1.165, 1.54) is 22.3 Å². The van der Waals surface area contributed by atoms with Gasteiger partial charge in [-0.25, -0.2) is 0 Å². The lowest BCUT2D eigenvalue weighted by molar-refractivity contribution is 0.425. The summed E-state index contributed by atoms with van der Waals surface area (Å²) < 4.78 is 0. The van der Waals surface area contributed by atoms with Crippen LogP contribution in [0.25, 0.3) is 12.2 Å². The summed E-state index contributed by atoms with van der Waals surface area (Å²) in [6.07, 6.45) is 9.35. The highest BCUT2D eigenvalue weighted by Gasteiger charge is 2.35. The van der Waals surface area contributed by atoms with E-state index in [0.29, 0.717) is 23.3 Å². The lowest BCUT2D eigenvalue weighted by atomic mass is 9.75. The molecule has 3 unspecified atom stereocenters. The van der Waals surface area contributed by atoms with Crippen LogP contribution in [0.3, 0.4) is 0 Å². The molecular weight excluding hydrogens is 280 g/mol. The third kappa shape index (κ3) is 2.12. The largest absolute Gasteiger partial charge is 0.0761 e. The smallest absolute Gasteiger partial charge is 0.0267 e. The van der Waals surface area contributed by atoms with Crippen LogP contribution in [0.4, 0.5) is 0 Å². The Morgan fingerprint density at radius 3 is 1.68 bits per heavy atom. The molecule has 0 aromatic heterocycles. The van der Waals surface area contributed by atoms with E-state index in [9.17, 15) is 0 Å². The topological polar surface area (TPSA) is 0 Å². The molecule has 2 aromatic carbocycles. The maximum atomic E-state index is 3.95. The van der Waals surface area contributed by atoms with Gasteiger partial charge in [-0.15, -0.1) is 0 Å². The standard InChI is InChI=1S/C21H19Si/c1-14(22)21(19-12-10-15-6-2-4-8-17(15)19)20-13-11-16-7-3-5-9-18(16)20/h2-14,19-21H,1H3. The van der Waals surface area contributed by atoms with Crippen molar-refractivity contribution in [2.45, 2.75) is 24.3 Å². The average Bonchev–Trinajstić information content (AvgIpc) is 3.13. The molecule has 4 rings (SSSR count). The maximum absolute atomic E-state index is 3.95. The van der Waals surface area contributed by atoms with Crippen LogP contribution < -0.4 is 0 Å². The second kappa shape index (κ2) is 5.40. The van der Waals surface area contributed by atoms with Crippen LogP contribution in [-0.4, -0.2) is 10.2 Å². The fourth-order valence-electron chi connectivity index (χ4n) is 4.07. The minimum absolute atomic E-state index is 0.446. The van der Waals surface area contributed by atoms with Gasteiger partial charge in [-0.1, -0.05) is 85.3 Å². The molecule has 0 spiro atoms. The van der Waals surface area contributed by atoms with E-state index >= 15 is 0 Å². The first-order valence-electron chi connectivity index (χ1n) is 8.01. The summed E-state index contributed by atoms with van der Waals surface area (Å²) in [5, 5.41) is 0. The predicted molar refractivity (Wildman–Crippen MR) is 95.1 cm³/mol. The molecule has 0 bridgehead atoms. The zero-order valence-electron chi connectivity index (χ0n) is 12.7. The molecule has 0 saturated heterocycles. The van der Waals surface area contributed by atoms with E-state index < -0.39 is 0 Å². The Morgan fingerprint density at radius 2 is 1.23 bits per heavy atom. The van der Waals surface area contributed by atoms with Gasteiger partial charge in [0.15, 0.2) is 0 Å². The third-order valence-corrected chi connectivity index (χ3v) is 5.47. The molecule has 107 valence electrons. The number of rotatable bonds is 3. The predicted octanol–water partition coefficient (Wildman–Crippen LogP) is 5.20. The van der Waals surface area contributed by atoms with Crippen molar-refractivity contribution in [2.75, 3.05) is 0 Å². The van der Waals surface area contributed by atoms with Crippen molar-refractivity contribution in [3.05, 3.63) is 82.9 Å². The highest BCUT2D eigenvalue weighted by Crippen LogP contribution is 2.49. The zero-order chi connectivity index (χ0) is 15.1. The van der Waals surface area contributed by atoms with Crippen LogP contribution in [0, 0.1) is 5.92 Å². The molecule has 0 nitrogen and oxygen atoms in total. The Kier molecular flexibility index (Phi) is 3.38. The molecular formula is C21H19Si. The van der Waals surface area contributed by atoms with E-state index in [1.807, 2.05) is 0 Å². The van der Waals surface area contributed by atoms with Crippen molar-refractivity contribution in [3.63, 3.8) is 0 Å². The van der Waals surface area contributed by atoms with Crippen LogP contribution in [0.5, 0.6) is 0 Å². The Hall–Kier alpha value is -1.86. The normalized spacial score (nSPS) is 24.1. The summed E-state index contributed by atoms with van der Waals surface area (Å²) >= 11 is 0.